The van der Waals surface area contributed by atoms with E-state index in [0.717, 1.165) is 6.42 Å². The van der Waals surface area contributed by atoms with E-state index >= 15 is 0 Å². The fourth-order valence-corrected chi connectivity index (χ4v) is 3.21. The molecule has 1 aromatic carbocycles. The van der Waals surface area contributed by atoms with Crippen LogP contribution < -0.4 is 15.8 Å². The van der Waals surface area contributed by atoms with Gasteiger partial charge in [-0.1, -0.05) is 32.4 Å². The van der Waals surface area contributed by atoms with Crippen LogP contribution in [0, 0.1) is 5.41 Å². The zero-order valence-corrected chi connectivity index (χ0v) is 16.8. The van der Waals surface area contributed by atoms with E-state index in [4.69, 9.17) is 26.8 Å². The number of nitrogens with one attached hydrogen (secondary N) is 1. The summed E-state index contributed by atoms with van der Waals surface area (Å²) in [7, 11) is 0. The Bertz CT molecular complexity index is 610. The first kappa shape index (κ1) is 22.0. The first-order valence-corrected chi connectivity index (χ1v) is 8.78. The van der Waals surface area contributed by atoms with E-state index in [1.54, 1.807) is 18.2 Å². The van der Waals surface area contributed by atoms with Gasteiger partial charge in [-0.15, -0.1) is 12.4 Å². The lowest BCUT2D eigenvalue weighted by Gasteiger charge is -2.57. The molecule has 5 nitrogen and oxygen atoms in total. The molecule has 0 bridgehead atoms. The van der Waals surface area contributed by atoms with E-state index in [1.165, 1.54) is 0 Å². The minimum absolute atomic E-state index is 0. The average molecular weight is 391 g/mol. The number of nitrogens with two attached hydrogens (primary N) is 1. The maximum Gasteiger partial charge on any atom is 0.245 e. The number of rotatable bonds is 7. The van der Waals surface area contributed by atoms with Crippen LogP contribution in [0.2, 0.25) is 5.02 Å². The molecule has 0 heterocycles. The predicted molar refractivity (Wildman–Crippen MR) is 104 cm³/mol. The molecular weight excluding hydrogens is 363 g/mol. The maximum absolute atomic E-state index is 12.7. The number of benzene rings is 1. The molecule has 1 aromatic rings. The summed E-state index contributed by atoms with van der Waals surface area (Å²) in [5.41, 5.74) is 5.59. The molecule has 7 heteroatoms. The van der Waals surface area contributed by atoms with E-state index in [-0.39, 0.29) is 24.4 Å². The van der Waals surface area contributed by atoms with Crippen LogP contribution in [0.4, 0.5) is 5.69 Å². The number of hydrogen-bond acceptors (Lipinski definition) is 4. The Morgan fingerprint density at radius 3 is 2.60 bits per heavy atom. The van der Waals surface area contributed by atoms with E-state index in [0.29, 0.717) is 36.1 Å². The number of amides is 1. The number of hydrogen-bond donors (Lipinski definition) is 2. The van der Waals surface area contributed by atoms with Crippen molar-refractivity contribution in [2.24, 2.45) is 11.1 Å². The van der Waals surface area contributed by atoms with E-state index < -0.39 is 11.0 Å². The summed E-state index contributed by atoms with van der Waals surface area (Å²) in [5, 5.41) is 3.33. The Hall–Kier alpha value is -1.01. The summed E-state index contributed by atoms with van der Waals surface area (Å²) in [6.45, 7) is 9.11. The van der Waals surface area contributed by atoms with Gasteiger partial charge in [0.2, 0.25) is 5.91 Å². The third-order valence-corrected chi connectivity index (χ3v) is 5.18. The van der Waals surface area contributed by atoms with Crippen LogP contribution in [-0.2, 0) is 9.53 Å². The number of halogens is 2. The summed E-state index contributed by atoms with van der Waals surface area (Å²) in [4.78, 5) is 12.7. The predicted octanol–water partition coefficient (Wildman–Crippen LogP) is 4.02. The van der Waals surface area contributed by atoms with Gasteiger partial charge in [0.15, 0.2) is 0 Å². The van der Waals surface area contributed by atoms with Crippen molar-refractivity contribution in [3.8, 4) is 5.75 Å². The summed E-state index contributed by atoms with van der Waals surface area (Å²) in [5.74, 6) is 0.390. The highest BCUT2D eigenvalue weighted by atomic mass is 35.5. The molecule has 2 rings (SSSR count). The second-order valence-corrected chi connectivity index (χ2v) is 7.20. The monoisotopic (exact) mass is 390 g/mol. The van der Waals surface area contributed by atoms with Crippen LogP contribution in [0.15, 0.2) is 18.2 Å². The van der Waals surface area contributed by atoms with Gasteiger partial charge in [0.05, 0.1) is 17.7 Å². The number of carbonyl (C=O) groups excluding carboxylic acids is 1. The van der Waals surface area contributed by atoms with Crippen molar-refractivity contribution < 1.29 is 14.3 Å². The summed E-state index contributed by atoms with van der Waals surface area (Å²) in [6, 6.07) is 5.20. The summed E-state index contributed by atoms with van der Waals surface area (Å²) >= 11 is 6.20. The van der Waals surface area contributed by atoms with Gasteiger partial charge in [-0.3, -0.25) is 4.79 Å². The van der Waals surface area contributed by atoms with Gasteiger partial charge in [-0.25, -0.2) is 0 Å². The zero-order chi connectivity index (χ0) is 18.0. The Morgan fingerprint density at radius 2 is 2.08 bits per heavy atom. The van der Waals surface area contributed by atoms with Crippen molar-refractivity contribution in [3.05, 3.63) is 23.2 Å². The third-order valence-electron chi connectivity index (χ3n) is 4.89. The lowest BCUT2D eigenvalue weighted by atomic mass is 9.54. The SMILES string of the molecule is CCCOc1ccc(NC(=O)C2(N)CC(OCC)C2(C)C)cc1Cl.Cl. The third kappa shape index (κ3) is 4.22. The highest BCUT2D eigenvalue weighted by molar-refractivity contribution is 6.32. The van der Waals surface area contributed by atoms with Crippen LogP contribution in [0.1, 0.15) is 40.5 Å². The highest BCUT2D eigenvalue weighted by Crippen LogP contribution is 2.50. The maximum atomic E-state index is 12.7. The van der Waals surface area contributed by atoms with Gasteiger partial charge in [0.25, 0.3) is 0 Å². The summed E-state index contributed by atoms with van der Waals surface area (Å²) in [6.07, 6.45) is 1.40. The zero-order valence-electron chi connectivity index (χ0n) is 15.2. The number of anilines is 1. The van der Waals surface area contributed by atoms with Crippen LogP contribution >= 0.6 is 24.0 Å². The Kier molecular flexibility index (Phi) is 7.56. The Morgan fingerprint density at radius 1 is 1.40 bits per heavy atom. The van der Waals surface area contributed by atoms with Gasteiger partial charge >= 0.3 is 0 Å². The Balaban J connectivity index is 0.00000312. The molecule has 1 fully saturated rings. The molecule has 2 atom stereocenters. The van der Waals surface area contributed by atoms with Crippen molar-refractivity contribution in [3.63, 3.8) is 0 Å². The minimum atomic E-state index is -0.962. The molecule has 142 valence electrons. The highest BCUT2D eigenvalue weighted by Gasteiger charge is 2.62. The van der Waals surface area contributed by atoms with Gasteiger partial charge < -0.3 is 20.5 Å². The van der Waals surface area contributed by atoms with Crippen molar-refractivity contribution in [1.29, 1.82) is 0 Å². The second kappa shape index (κ2) is 8.58. The minimum Gasteiger partial charge on any atom is -0.492 e. The first-order valence-electron chi connectivity index (χ1n) is 8.40. The lowest BCUT2D eigenvalue weighted by molar-refractivity contribution is -0.166. The molecular formula is C18H28Cl2N2O3. The molecule has 1 saturated carbocycles. The Labute approximate surface area is 161 Å². The standard InChI is InChI=1S/C18H27ClN2O3.ClH/c1-5-9-24-14-8-7-12(10-13(14)19)21-16(22)18(20)11-15(23-6-2)17(18,3)4;/h7-8,10,15H,5-6,9,11,20H2,1-4H3,(H,21,22);1H. The molecule has 0 spiro atoms. The number of carbonyl (C=O) groups is 1. The quantitative estimate of drug-likeness (QED) is 0.736. The normalized spacial score (nSPS) is 24.0. The molecule has 0 aromatic heterocycles. The summed E-state index contributed by atoms with van der Waals surface area (Å²) < 4.78 is 11.2. The molecule has 1 amide bonds. The van der Waals surface area contributed by atoms with Gasteiger partial charge in [-0.05, 0) is 31.5 Å². The van der Waals surface area contributed by atoms with Gasteiger partial charge in [-0.2, -0.15) is 0 Å². The van der Waals surface area contributed by atoms with E-state index in [9.17, 15) is 4.79 Å². The van der Waals surface area contributed by atoms with Crippen molar-refractivity contribution in [2.45, 2.75) is 52.2 Å². The van der Waals surface area contributed by atoms with Crippen LogP contribution in [-0.4, -0.2) is 30.8 Å². The average Bonchev–Trinajstić information content (AvgIpc) is 2.53. The van der Waals surface area contributed by atoms with Crippen molar-refractivity contribution in [1.82, 2.24) is 0 Å². The molecule has 1 aliphatic carbocycles. The molecule has 25 heavy (non-hydrogen) atoms. The van der Waals surface area contributed by atoms with Crippen LogP contribution in [0.25, 0.3) is 0 Å². The second-order valence-electron chi connectivity index (χ2n) is 6.79. The smallest absolute Gasteiger partial charge is 0.245 e. The fraction of sp³-hybridized carbons (Fsp3) is 0.611. The fourth-order valence-electron chi connectivity index (χ4n) is 2.97. The molecule has 1 aliphatic rings. The molecule has 0 aliphatic heterocycles. The van der Waals surface area contributed by atoms with Crippen molar-refractivity contribution in [2.75, 3.05) is 18.5 Å². The van der Waals surface area contributed by atoms with E-state index in [2.05, 4.69) is 5.32 Å². The molecule has 3 N–H and O–H groups in total. The van der Waals surface area contributed by atoms with Gasteiger partial charge in [0, 0.05) is 24.1 Å². The number of ether oxygens (including phenoxy) is 2. The molecule has 2 unspecified atom stereocenters. The van der Waals surface area contributed by atoms with Crippen LogP contribution in [0.3, 0.4) is 0 Å². The molecule has 0 radical (unpaired) electrons. The first-order chi connectivity index (χ1) is 11.3. The largest absolute Gasteiger partial charge is 0.492 e. The van der Waals surface area contributed by atoms with E-state index in [1.807, 2.05) is 27.7 Å². The van der Waals surface area contributed by atoms with Crippen LogP contribution in [0.5, 0.6) is 5.75 Å². The lowest BCUT2D eigenvalue weighted by Crippen LogP contribution is -2.74. The van der Waals surface area contributed by atoms with Crippen molar-refractivity contribution >= 4 is 35.6 Å². The van der Waals surface area contributed by atoms with Gasteiger partial charge in [0.1, 0.15) is 11.3 Å². The molecule has 0 saturated heterocycles. The topological polar surface area (TPSA) is 73.6 Å².